The van der Waals surface area contributed by atoms with Crippen molar-refractivity contribution in [3.05, 3.63) is 46.1 Å². The van der Waals surface area contributed by atoms with Crippen molar-refractivity contribution in [1.29, 1.82) is 0 Å². The molecular formula is C25H26N6O2S. The Morgan fingerprint density at radius 1 is 1.21 bits per heavy atom. The summed E-state index contributed by atoms with van der Waals surface area (Å²) in [6, 6.07) is 6.35. The van der Waals surface area contributed by atoms with E-state index in [2.05, 4.69) is 43.8 Å². The molecule has 2 N–H and O–H groups in total. The fourth-order valence-electron chi connectivity index (χ4n) is 5.36. The number of fused-ring (bicyclic) bond motifs is 4. The van der Waals surface area contributed by atoms with Crippen molar-refractivity contribution in [2.45, 2.75) is 45.2 Å². The van der Waals surface area contributed by atoms with Gasteiger partial charge in [0, 0.05) is 48.8 Å². The quantitative estimate of drug-likeness (QED) is 0.605. The number of carbonyl (C=O) groups excluding carboxylic acids is 2. The Morgan fingerprint density at radius 2 is 2.12 bits per heavy atom. The van der Waals surface area contributed by atoms with Gasteiger partial charge in [-0.05, 0) is 54.5 Å². The molecule has 1 saturated heterocycles. The number of benzene rings is 1. The monoisotopic (exact) mass is 474 g/mol. The number of amides is 2. The van der Waals surface area contributed by atoms with E-state index in [0.717, 1.165) is 59.5 Å². The van der Waals surface area contributed by atoms with Crippen LogP contribution in [0.25, 0.3) is 10.2 Å². The molecule has 1 aromatic carbocycles. The molecule has 2 aliphatic heterocycles. The van der Waals surface area contributed by atoms with Crippen LogP contribution in [0.3, 0.4) is 0 Å². The zero-order valence-electron chi connectivity index (χ0n) is 19.0. The summed E-state index contributed by atoms with van der Waals surface area (Å²) in [7, 11) is 0. The van der Waals surface area contributed by atoms with E-state index in [-0.39, 0.29) is 23.8 Å². The van der Waals surface area contributed by atoms with Gasteiger partial charge in [-0.1, -0.05) is 6.07 Å². The van der Waals surface area contributed by atoms with Gasteiger partial charge in [-0.25, -0.2) is 9.97 Å². The predicted molar refractivity (Wildman–Crippen MR) is 133 cm³/mol. The van der Waals surface area contributed by atoms with Crippen LogP contribution < -0.4 is 10.6 Å². The Bertz CT molecular complexity index is 1330. The van der Waals surface area contributed by atoms with E-state index in [9.17, 15) is 9.59 Å². The van der Waals surface area contributed by atoms with Gasteiger partial charge in [0.2, 0.25) is 11.8 Å². The first-order valence-electron chi connectivity index (χ1n) is 11.8. The van der Waals surface area contributed by atoms with E-state index in [1.807, 2.05) is 11.1 Å². The number of likely N-dealkylation sites (tertiary alicyclic amines) is 1. The first-order valence-corrected chi connectivity index (χ1v) is 12.6. The van der Waals surface area contributed by atoms with Crippen molar-refractivity contribution < 1.29 is 9.59 Å². The maximum Gasteiger partial charge on any atom is 0.226 e. The number of thiophene rings is 1. The minimum absolute atomic E-state index is 0.0167. The van der Waals surface area contributed by atoms with Gasteiger partial charge < -0.3 is 15.5 Å². The molecule has 2 aromatic heterocycles. The van der Waals surface area contributed by atoms with Crippen LogP contribution in [0.15, 0.2) is 29.5 Å². The lowest BCUT2D eigenvalue weighted by Crippen LogP contribution is -2.40. The third kappa shape index (κ3) is 3.83. The van der Waals surface area contributed by atoms with Crippen LogP contribution >= 0.6 is 11.3 Å². The average molecular weight is 475 g/mol. The van der Waals surface area contributed by atoms with Crippen molar-refractivity contribution in [3.63, 3.8) is 0 Å². The smallest absolute Gasteiger partial charge is 0.226 e. The molecule has 2 amide bonds. The number of aryl methyl sites for hydroxylation is 1. The molecule has 0 radical (unpaired) electrons. The zero-order chi connectivity index (χ0) is 23.2. The van der Waals surface area contributed by atoms with Crippen LogP contribution in [0.2, 0.25) is 0 Å². The Hall–Kier alpha value is -3.33. The first-order chi connectivity index (χ1) is 16.5. The lowest BCUT2D eigenvalue weighted by atomic mass is 9.87. The molecule has 3 aliphatic rings. The lowest BCUT2D eigenvalue weighted by Gasteiger charge is -2.26. The number of aromatic nitrogens is 2. The summed E-state index contributed by atoms with van der Waals surface area (Å²) in [6.07, 6.45) is 6.75. The number of hydrogen-bond donors (Lipinski definition) is 2. The highest BCUT2D eigenvalue weighted by Crippen LogP contribution is 2.41. The number of carbonyl (C=O) groups is 2. The normalized spacial score (nSPS) is 20.9. The minimum atomic E-state index is -0.0366. The second-order valence-corrected chi connectivity index (χ2v) is 10.4. The number of anilines is 2. The van der Waals surface area contributed by atoms with Gasteiger partial charge >= 0.3 is 0 Å². The van der Waals surface area contributed by atoms with Crippen LogP contribution in [-0.2, 0) is 29.0 Å². The van der Waals surface area contributed by atoms with Crippen molar-refractivity contribution in [2.24, 2.45) is 10.9 Å². The van der Waals surface area contributed by atoms with E-state index < -0.39 is 0 Å². The Morgan fingerprint density at radius 3 is 3.00 bits per heavy atom. The molecule has 3 aromatic rings. The van der Waals surface area contributed by atoms with E-state index >= 15 is 0 Å². The molecule has 0 bridgehead atoms. The van der Waals surface area contributed by atoms with Gasteiger partial charge in [0.05, 0.1) is 11.9 Å². The van der Waals surface area contributed by atoms with Crippen LogP contribution in [0.5, 0.6) is 0 Å². The Kier molecular flexibility index (Phi) is 5.28. The molecule has 8 nitrogen and oxygen atoms in total. The van der Waals surface area contributed by atoms with Gasteiger partial charge in [0.1, 0.15) is 17.0 Å². The van der Waals surface area contributed by atoms with Crippen molar-refractivity contribution in [3.8, 4) is 0 Å². The van der Waals surface area contributed by atoms with Gasteiger partial charge in [-0.15, -0.1) is 11.3 Å². The highest BCUT2D eigenvalue weighted by molar-refractivity contribution is 7.19. The summed E-state index contributed by atoms with van der Waals surface area (Å²) in [4.78, 5) is 42.2. The molecule has 0 saturated carbocycles. The highest BCUT2D eigenvalue weighted by Gasteiger charge is 2.34. The lowest BCUT2D eigenvalue weighted by molar-refractivity contribution is -0.135. The average Bonchev–Trinajstić information content (AvgIpc) is 3.55. The molecule has 1 fully saturated rings. The van der Waals surface area contributed by atoms with E-state index in [1.165, 1.54) is 22.9 Å². The summed E-state index contributed by atoms with van der Waals surface area (Å²) < 4.78 is 0. The third-order valence-corrected chi connectivity index (χ3v) is 8.16. The molecule has 2 atom stereocenters. The first kappa shape index (κ1) is 21.2. The molecule has 1 aliphatic carbocycles. The number of nitrogens with one attached hydrogen (secondary N) is 2. The number of hydrogen-bond acceptors (Lipinski definition) is 7. The van der Waals surface area contributed by atoms with Gasteiger partial charge in [0.15, 0.2) is 0 Å². The van der Waals surface area contributed by atoms with Crippen molar-refractivity contribution in [1.82, 2.24) is 20.2 Å². The Balaban J connectivity index is 1.22. The van der Waals surface area contributed by atoms with Crippen LogP contribution in [0.1, 0.15) is 41.3 Å². The van der Waals surface area contributed by atoms with Gasteiger partial charge in [0.25, 0.3) is 0 Å². The Labute approximate surface area is 201 Å². The summed E-state index contributed by atoms with van der Waals surface area (Å²) >= 11 is 1.68. The maximum absolute atomic E-state index is 13.2. The van der Waals surface area contributed by atoms with E-state index in [4.69, 9.17) is 0 Å². The number of nitrogens with zero attached hydrogens (tertiary/aromatic N) is 4. The predicted octanol–water partition coefficient (Wildman–Crippen LogP) is 3.21. The molecule has 4 heterocycles. The molecule has 174 valence electrons. The molecule has 34 heavy (non-hydrogen) atoms. The highest BCUT2D eigenvalue weighted by atomic mass is 32.1. The van der Waals surface area contributed by atoms with Gasteiger partial charge in [-0.2, -0.15) is 0 Å². The summed E-state index contributed by atoms with van der Waals surface area (Å²) in [5.74, 6) is 0.975. The minimum Gasteiger partial charge on any atom is -0.352 e. The van der Waals surface area contributed by atoms with Crippen LogP contribution in [0.4, 0.5) is 11.5 Å². The second-order valence-electron chi connectivity index (χ2n) is 9.32. The van der Waals surface area contributed by atoms with Crippen LogP contribution in [-0.4, -0.2) is 52.0 Å². The van der Waals surface area contributed by atoms with Crippen molar-refractivity contribution in [2.75, 3.05) is 18.4 Å². The maximum atomic E-state index is 13.2. The summed E-state index contributed by atoms with van der Waals surface area (Å²) in [5, 5.41) is 7.52. The van der Waals surface area contributed by atoms with Crippen molar-refractivity contribution >= 4 is 51.1 Å². The van der Waals surface area contributed by atoms with E-state index in [0.29, 0.717) is 13.1 Å². The summed E-state index contributed by atoms with van der Waals surface area (Å²) in [5.41, 5.74) is 4.64. The fourth-order valence-corrected chi connectivity index (χ4v) is 6.62. The van der Waals surface area contributed by atoms with Gasteiger partial charge in [-0.3, -0.25) is 14.6 Å². The number of aliphatic imine (C=N–C) groups is 1. The molecule has 6 rings (SSSR count). The zero-order valence-corrected chi connectivity index (χ0v) is 19.8. The SMILES string of the molecule is CC(=O)N[C@@H]1CCN(C(=O)C2CCc3c(sc4ncnc(Nc5ccc6c(c5)C=NC6)c34)C2)C1. The third-order valence-electron chi connectivity index (χ3n) is 7.00. The molecular weight excluding hydrogens is 448 g/mol. The second kappa shape index (κ2) is 8.47. The molecule has 1 unspecified atom stereocenters. The van der Waals surface area contributed by atoms with Crippen LogP contribution in [0, 0.1) is 5.92 Å². The summed E-state index contributed by atoms with van der Waals surface area (Å²) in [6.45, 7) is 3.60. The molecule has 9 heteroatoms. The van der Waals surface area contributed by atoms with E-state index in [1.54, 1.807) is 17.7 Å². The topological polar surface area (TPSA) is 99.6 Å². The number of rotatable bonds is 4. The fraction of sp³-hybridized carbons (Fsp3) is 0.400. The largest absolute Gasteiger partial charge is 0.352 e. The standard InChI is InChI=1S/C25H26N6O2S/c1-14(32)29-19-6-7-31(12-19)25(33)15-3-5-20-21(9-15)34-24-22(20)23(27-13-28-24)30-18-4-2-16-10-26-11-17(16)8-18/h2,4,8,11,13,15,19H,3,5-7,9-10,12H2,1H3,(H,29,32)(H,27,28,30)/t15?,19-/m1/s1. The molecule has 0 spiro atoms.